The van der Waals surface area contributed by atoms with Crippen LogP contribution in [0.5, 0.6) is 5.75 Å². The van der Waals surface area contributed by atoms with E-state index < -0.39 is 0 Å². The van der Waals surface area contributed by atoms with Gasteiger partial charge in [0.2, 0.25) is 5.91 Å². The minimum absolute atomic E-state index is 0.0459. The van der Waals surface area contributed by atoms with Gasteiger partial charge in [-0.3, -0.25) is 4.79 Å². The van der Waals surface area contributed by atoms with Gasteiger partial charge < -0.3 is 14.4 Å². The first-order chi connectivity index (χ1) is 9.72. The minimum atomic E-state index is 0.0459. The number of nitrogens with zero attached hydrogens (tertiary/aromatic N) is 1. The summed E-state index contributed by atoms with van der Waals surface area (Å²) in [5.74, 6) is 0.969. The van der Waals surface area contributed by atoms with Crippen molar-refractivity contribution in [3.63, 3.8) is 0 Å². The van der Waals surface area contributed by atoms with E-state index in [1.165, 1.54) is 0 Å². The van der Waals surface area contributed by atoms with Crippen LogP contribution in [0.15, 0.2) is 36.9 Å². The molecule has 1 aliphatic rings. The molecule has 108 valence electrons. The highest BCUT2D eigenvalue weighted by Gasteiger charge is 2.23. The molecule has 4 nitrogen and oxygen atoms in total. The molecule has 1 aliphatic heterocycles. The monoisotopic (exact) mass is 275 g/mol. The third-order valence-corrected chi connectivity index (χ3v) is 3.41. The summed E-state index contributed by atoms with van der Waals surface area (Å²) in [6, 6.07) is 7.95. The number of rotatable bonds is 5. The van der Waals surface area contributed by atoms with Gasteiger partial charge in [0.05, 0.1) is 19.8 Å². The van der Waals surface area contributed by atoms with Gasteiger partial charge in [-0.15, -0.1) is 6.58 Å². The van der Waals surface area contributed by atoms with Crippen molar-refractivity contribution in [3.8, 4) is 5.75 Å². The maximum Gasteiger partial charge on any atom is 0.226 e. The van der Waals surface area contributed by atoms with Crippen LogP contribution in [0.1, 0.15) is 12.0 Å². The fourth-order valence-electron chi connectivity index (χ4n) is 2.38. The molecule has 1 heterocycles. The van der Waals surface area contributed by atoms with Crippen molar-refractivity contribution >= 4 is 5.91 Å². The number of methoxy groups -OCH3 is 1. The second-order valence-corrected chi connectivity index (χ2v) is 4.88. The van der Waals surface area contributed by atoms with Gasteiger partial charge in [-0.2, -0.15) is 0 Å². The third-order valence-electron chi connectivity index (χ3n) is 3.41. The molecule has 0 aromatic heterocycles. The van der Waals surface area contributed by atoms with Gasteiger partial charge in [0.25, 0.3) is 0 Å². The van der Waals surface area contributed by atoms with Crippen molar-refractivity contribution in [1.82, 2.24) is 4.90 Å². The molecule has 0 N–H and O–H groups in total. The molecule has 2 rings (SSSR count). The van der Waals surface area contributed by atoms with Crippen LogP contribution in [0.2, 0.25) is 0 Å². The first kappa shape index (κ1) is 14.6. The van der Waals surface area contributed by atoms with Crippen LogP contribution in [-0.4, -0.2) is 43.7 Å². The fraction of sp³-hybridized carbons (Fsp3) is 0.438. The lowest BCUT2D eigenvalue weighted by atomic mass is 10.1. The number of hydrogen-bond donors (Lipinski definition) is 0. The van der Waals surface area contributed by atoms with E-state index in [4.69, 9.17) is 9.47 Å². The fourth-order valence-corrected chi connectivity index (χ4v) is 2.38. The van der Waals surface area contributed by atoms with E-state index in [0.717, 1.165) is 17.7 Å². The zero-order valence-electron chi connectivity index (χ0n) is 11.9. The molecule has 0 aliphatic carbocycles. The number of morpholine rings is 1. The number of carbonyl (C=O) groups excluding carboxylic acids is 1. The predicted molar refractivity (Wildman–Crippen MR) is 77.8 cm³/mol. The van der Waals surface area contributed by atoms with E-state index >= 15 is 0 Å². The van der Waals surface area contributed by atoms with Gasteiger partial charge in [0.15, 0.2) is 0 Å². The Bertz CT molecular complexity index is 473. The molecule has 1 amide bonds. The first-order valence-corrected chi connectivity index (χ1v) is 6.86. The Morgan fingerprint density at radius 3 is 3.20 bits per heavy atom. The van der Waals surface area contributed by atoms with Crippen LogP contribution in [0, 0.1) is 0 Å². The average Bonchev–Trinajstić information content (AvgIpc) is 2.48. The van der Waals surface area contributed by atoms with Crippen LogP contribution < -0.4 is 4.74 Å². The molecule has 1 saturated heterocycles. The largest absolute Gasteiger partial charge is 0.497 e. The van der Waals surface area contributed by atoms with Gasteiger partial charge in [0, 0.05) is 25.9 Å². The quantitative estimate of drug-likeness (QED) is 0.772. The van der Waals surface area contributed by atoms with E-state index in [-0.39, 0.29) is 12.0 Å². The summed E-state index contributed by atoms with van der Waals surface area (Å²) in [5.41, 5.74) is 1.16. The highest BCUT2D eigenvalue weighted by molar-refractivity contribution is 5.77. The highest BCUT2D eigenvalue weighted by atomic mass is 16.5. The highest BCUT2D eigenvalue weighted by Crippen LogP contribution is 2.17. The Hall–Kier alpha value is -1.81. The molecular weight excluding hydrogens is 254 g/mol. The van der Waals surface area contributed by atoms with E-state index in [9.17, 15) is 4.79 Å². The van der Waals surface area contributed by atoms with Crippen molar-refractivity contribution in [1.29, 1.82) is 0 Å². The van der Waals surface area contributed by atoms with Gasteiger partial charge in [0.1, 0.15) is 5.75 Å². The number of hydrogen-bond acceptors (Lipinski definition) is 3. The molecule has 0 saturated carbocycles. The van der Waals surface area contributed by atoms with E-state index in [0.29, 0.717) is 26.1 Å². The zero-order chi connectivity index (χ0) is 14.4. The summed E-state index contributed by atoms with van der Waals surface area (Å²) < 4.78 is 11.0. The van der Waals surface area contributed by atoms with Crippen LogP contribution in [-0.2, 0) is 16.0 Å². The molecule has 1 atom stereocenters. The van der Waals surface area contributed by atoms with Gasteiger partial charge in [-0.25, -0.2) is 0 Å². The molecule has 0 bridgehead atoms. The Morgan fingerprint density at radius 2 is 2.45 bits per heavy atom. The molecule has 1 aromatic carbocycles. The Labute approximate surface area is 120 Å². The predicted octanol–water partition coefficient (Wildman–Crippen LogP) is 2.04. The second-order valence-electron chi connectivity index (χ2n) is 4.88. The number of amides is 1. The lowest BCUT2D eigenvalue weighted by Crippen LogP contribution is -2.46. The van der Waals surface area contributed by atoms with Crippen molar-refractivity contribution in [2.45, 2.75) is 18.9 Å². The summed E-state index contributed by atoms with van der Waals surface area (Å²) in [7, 11) is 1.66. The molecule has 0 unspecified atom stereocenters. The SMILES string of the molecule is C=CCC(=O)N1CCO[C@@H](Cc2cccc(OC)c2)C1. The summed E-state index contributed by atoms with van der Waals surface area (Å²) in [6.45, 7) is 5.51. The van der Waals surface area contributed by atoms with Gasteiger partial charge in [-0.1, -0.05) is 18.2 Å². The lowest BCUT2D eigenvalue weighted by molar-refractivity contribution is -0.137. The Balaban J connectivity index is 1.95. The average molecular weight is 275 g/mol. The topological polar surface area (TPSA) is 38.8 Å². The smallest absolute Gasteiger partial charge is 0.226 e. The number of ether oxygens (including phenoxy) is 2. The molecule has 4 heteroatoms. The number of benzene rings is 1. The van der Waals surface area contributed by atoms with E-state index in [1.54, 1.807) is 13.2 Å². The Morgan fingerprint density at radius 1 is 1.60 bits per heavy atom. The summed E-state index contributed by atoms with van der Waals surface area (Å²) in [4.78, 5) is 13.7. The Kier molecular flexibility index (Phi) is 5.18. The van der Waals surface area contributed by atoms with E-state index in [1.807, 2.05) is 23.1 Å². The molecule has 20 heavy (non-hydrogen) atoms. The molecule has 0 spiro atoms. The van der Waals surface area contributed by atoms with Crippen molar-refractivity contribution in [2.24, 2.45) is 0 Å². The zero-order valence-corrected chi connectivity index (χ0v) is 11.9. The standard InChI is InChI=1S/C16H21NO3/c1-3-5-16(18)17-8-9-20-15(12-17)11-13-6-4-7-14(10-13)19-2/h3-4,6-7,10,15H,1,5,8-9,11-12H2,2H3/t15-/m0/s1. The van der Waals surface area contributed by atoms with Crippen LogP contribution in [0.4, 0.5) is 0 Å². The molecule has 1 fully saturated rings. The molecule has 0 radical (unpaired) electrons. The van der Waals surface area contributed by atoms with E-state index in [2.05, 4.69) is 12.6 Å². The lowest BCUT2D eigenvalue weighted by Gasteiger charge is -2.33. The minimum Gasteiger partial charge on any atom is -0.497 e. The second kappa shape index (κ2) is 7.10. The number of carbonyl (C=O) groups is 1. The summed E-state index contributed by atoms with van der Waals surface area (Å²) in [5, 5.41) is 0. The summed E-state index contributed by atoms with van der Waals surface area (Å²) in [6.07, 6.45) is 2.88. The van der Waals surface area contributed by atoms with Crippen LogP contribution >= 0.6 is 0 Å². The van der Waals surface area contributed by atoms with Crippen molar-refractivity contribution in [2.75, 3.05) is 26.8 Å². The first-order valence-electron chi connectivity index (χ1n) is 6.86. The summed E-state index contributed by atoms with van der Waals surface area (Å²) >= 11 is 0. The van der Waals surface area contributed by atoms with Gasteiger partial charge in [-0.05, 0) is 17.7 Å². The van der Waals surface area contributed by atoms with Crippen molar-refractivity contribution < 1.29 is 14.3 Å². The van der Waals surface area contributed by atoms with Crippen LogP contribution in [0.3, 0.4) is 0 Å². The normalized spacial score (nSPS) is 18.6. The maximum absolute atomic E-state index is 11.9. The van der Waals surface area contributed by atoms with Gasteiger partial charge >= 0.3 is 0 Å². The maximum atomic E-state index is 11.9. The van der Waals surface area contributed by atoms with Crippen molar-refractivity contribution in [3.05, 3.63) is 42.5 Å². The molecule has 1 aromatic rings. The third kappa shape index (κ3) is 3.84. The molecular formula is C16H21NO3. The van der Waals surface area contributed by atoms with Crippen LogP contribution in [0.25, 0.3) is 0 Å².